The van der Waals surface area contributed by atoms with Gasteiger partial charge in [0.15, 0.2) is 6.10 Å². The Labute approximate surface area is 176 Å². The van der Waals surface area contributed by atoms with E-state index in [1.165, 1.54) is 7.11 Å². The first-order valence-electron chi connectivity index (χ1n) is 10.4. The Bertz CT molecular complexity index is 887. The van der Waals surface area contributed by atoms with Gasteiger partial charge in [-0.25, -0.2) is 0 Å². The number of benzene rings is 2. The molecule has 0 unspecified atom stereocenters. The van der Waals surface area contributed by atoms with Crippen molar-refractivity contribution in [3.05, 3.63) is 66.2 Å². The summed E-state index contributed by atoms with van der Waals surface area (Å²) >= 11 is 0. The second-order valence-electron chi connectivity index (χ2n) is 8.06. The molecule has 2 aliphatic heterocycles. The average molecular weight is 409 g/mol. The van der Waals surface area contributed by atoms with Crippen LogP contribution in [-0.2, 0) is 20.7 Å². The SMILES string of the molecule is COC(=O)[C@]1(CCc2ccccc2)CCCN2C(=O)[C@H](Oc3ccccc3)[C@@H]2[C@@H]1O. The van der Waals surface area contributed by atoms with Gasteiger partial charge in [0, 0.05) is 6.54 Å². The van der Waals surface area contributed by atoms with E-state index in [1.54, 1.807) is 17.0 Å². The van der Waals surface area contributed by atoms with E-state index >= 15 is 0 Å². The predicted octanol–water partition coefficient (Wildman–Crippen LogP) is 2.59. The van der Waals surface area contributed by atoms with Gasteiger partial charge in [-0.3, -0.25) is 9.59 Å². The highest BCUT2D eigenvalue weighted by atomic mass is 16.5. The van der Waals surface area contributed by atoms with E-state index < -0.39 is 29.6 Å². The van der Waals surface area contributed by atoms with Gasteiger partial charge in [-0.2, -0.15) is 0 Å². The maximum absolute atomic E-state index is 13.0. The molecule has 158 valence electrons. The zero-order chi connectivity index (χ0) is 21.1. The van der Waals surface area contributed by atoms with E-state index in [-0.39, 0.29) is 5.91 Å². The molecular formula is C24H27NO5. The Morgan fingerprint density at radius 3 is 2.47 bits per heavy atom. The lowest BCUT2D eigenvalue weighted by Crippen LogP contribution is -2.72. The molecule has 2 saturated heterocycles. The molecule has 6 heteroatoms. The minimum Gasteiger partial charge on any atom is -0.478 e. The number of methoxy groups -OCH3 is 1. The summed E-state index contributed by atoms with van der Waals surface area (Å²) in [6, 6.07) is 18.4. The number of fused-ring (bicyclic) bond motifs is 1. The molecule has 0 radical (unpaired) electrons. The topological polar surface area (TPSA) is 76.1 Å². The standard InChI is InChI=1S/C24H27NO5/c1-29-23(28)24(15-13-17-9-4-2-5-10-17)14-8-16-25-19(21(24)26)20(22(25)27)30-18-11-6-3-7-12-18/h2-7,9-12,19-21,26H,8,13-16H2,1H3/t19-,20-,21+,24+/m1/s1. The summed E-state index contributed by atoms with van der Waals surface area (Å²) in [5, 5.41) is 11.5. The Kier molecular flexibility index (Phi) is 5.77. The van der Waals surface area contributed by atoms with Crippen LogP contribution in [0.1, 0.15) is 24.8 Å². The molecule has 0 bridgehead atoms. The predicted molar refractivity (Wildman–Crippen MR) is 111 cm³/mol. The molecule has 2 heterocycles. The van der Waals surface area contributed by atoms with Crippen molar-refractivity contribution in [3.63, 3.8) is 0 Å². The van der Waals surface area contributed by atoms with E-state index in [0.29, 0.717) is 38.0 Å². The molecule has 1 amide bonds. The van der Waals surface area contributed by atoms with Crippen LogP contribution in [0.25, 0.3) is 0 Å². The Morgan fingerprint density at radius 2 is 1.80 bits per heavy atom. The molecule has 1 N–H and O–H groups in total. The van der Waals surface area contributed by atoms with Crippen molar-refractivity contribution in [2.45, 2.75) is 43.9 Å². The summed E-state index contributed by atoms with van der Waals surface area (Å²) in [4.78, 5) is 27.3. The van der Waals surface area contributed by atoms with Gasteiger partial charge in [-0.05, 0) is 43.4 Å². The second-order valence-corrected chi connectivity index (χ2v) is 8.06. The smallest absolute Gasteiger partial charge is 0.314 e. The van der Waals surface area contributed by atoms with Gasteiger partial charge in [-0.1, -0.05) is 48.5 Å². The Morgan fingerprint density at radius 1 is 1.13 bits per heavy atom. The van der Waals surface area contributed by atoms with E-state index in [4.69, 9.17) is 9.47 Å². The highest BCUT2D eigenvalue weighted by Crippen LogP contribution is 2.44. The maximum Gasteiger partial charge on any atom is 0.314 e. The van der Waals surface area contributed by atoms with Crippen molar-refractivity contribution in [2.24, 2.45) is 5.41 Å². The molecular weight excluding hydrogens is 382 g/mol. The molecule has 0 saturated carbocycles. The maximum atomic E-state index is 13.0. The lowest BCUT2D eigenvalue weighted by atomic mass is 9.70. The van der Waals surface area contributed by atoms with E-state index in [2.05, 4.69) is 0 Å². The third-order valence-corrected chi connectivity index (χ3v) is 6.41. The van der Waals surface area contributed by atoms with Crippen molar-refractivity contribution >= 4 is 11.9 Å². The normalized spacial score (nSPS) is 28.1. The number of hydrogen-bond acceptors (Lipinski definition) is 5. The van der Waals surface area contributed by atoms with Crippen LogP contribution in [0.4, 0.5) is 0 Å². The monoisotopic (exact) mass is 409 g/mol. The van der Waals surface area contributed by atoms with Crippen LogP contribution in [0.15, 0.2) is 60.7 Å². The van der Waals surface area contributed by atoms with Gasteiger partial charge >= 0.3 is 5.97 Å². The molecule has 0 aromatic heterocycles. The van der Waals surface area contributed by atoms with E-state index in [0.717, 1.165) is 5.56 Å². The van der Waals surface area contributed by atoms with Crippen LogP contribution >= 0.6 is 0 Å². The minimum absolute atomic E-state index is 0.147. The number of rotatable bonds is 6. The first kappa shape index (κ1) is 20.4. The number of carbonyl (C=O) groups excluding carboxylic acids is 2. The molecule has 4 rings (SSSR count). The van der Waals surface area contributed by atoms with Crippen molar-refractivity contribution in [3.8, 4) is 5.75 Å². The molecule has 30 heavy (non-hydrogen) atoms. The average Bonchev–Trinajstić information content (AvgIpc) is 2.92. The van der Waals surface area contributed by atoms with Gasteiger partial charge < -0.3 is 19.5 Å². The summed E-state index contributed by atoms with van der Waals surface area (Å²) in [5.41, 5.74) is 0.0130. The van der Waals surface area contributed by atoms with Crippen LogP contribution in [-0.4, -0.2) is 53.8 Å². The highest BCUT2D eigenvalue weighted by molar-refractivity contribution is 5.90. The summed E-state index contributed by atoms with van der Waals surface area (Å²) in [5.74, 6) is -0.00267. The fraction of sp³-hybridized carbons (Fsp3) is 0.417. The number of nitrogens with zero attached hydrogens (tertiary/aromatic N) is 1. The second kappa shape index (κ2) is 8.48. The van der Waals surface area contributed by atoms with Crippen molar-refractivity contribution in [1.29, 1.82) is 0 Å². The van der Waals surface area contributed by atoms with Crippen LogP contribution in [0.5, 0.6) is 5.75 Å². The van der Waals surface area contributed by atoms with Crippen molar-refractivity contribution in [2.75, 3.05) is 13.7 Å². The number of para-hydroxylation sites is 1. The third-order valence-electron chi connectivity index (χ3n) is 6.41. The number of ether oxygens (including phenoxy) is 2. The lowest BCUT2D eigenvalue weighted by Gasteiger charge is -2.50. The van der Waals surface area contributed by atoms with Crippen LogP contribution in [0, 0.1) is 5.41 Å². The number of hydrogen-bond donors (Lipinski definition) is 1. The lowest BCUT2D eigenvalue weighted by molar-refractivity contribution is -0.186. The molecule has 0 aliphatic carbocycles. The summed E-state index contributed by atoms with van der Waals surface area (Å²) in [6.07, 6.45) is 0.302. The number of β-lactam (4-membered cyclic amide) rings is 1. The minimum atomic E-state index is -1.08. The number of amides is 1. The summed E-state index contributed by atoms with van der Waals surface area (Å²) in [7, 11) is 1.35. The number of carbonyl (C=O) groups is 2. The zero-order valence-electron chi connectivity index (χ0n) is 17.1. The van der Waals surface area contributed by atoms with Crippen LogP contribution in [0.2, 0.25) is 0 Å². The van der Waals surface area contributed by atoms with E-state index in [1.807, 2.05) is 48.5 Å². The van der Waals surface area contributed by atoms with E-state index in [9.17, 15) is 14.7 Å². The fourth-order valence-electron chi connectivity index (χ4n) is 4.75. The quantitative estimate of drug-likeness (QED) is 0.586. The Hall–Kier alpha value is -2.86. The number of aliphatic hydroxyl groups is 1. The molecule has 0 spiro atoms. The Balaban J connectivity index is 1.60. The number of aryl methyl sites for hydroxylation is 1. The molecule has 2 aromatic carbocycles. The first-order chi connectivity index (χ1) is 14.6. The van der Waals surface area contributed by atoms with Crippen molar-refractivity contribution < 1.29 is 24.2 Å². The van der Waals surface area contributed by atoms with Crippen molar-refractivity contribution in [1.82, 2.24) is 4.90 Å². The first-order valence-corrected chi connectivity index (χ1v) is 10.4. The van der Waals surface area contributed by atoms with Crippen LogP contribution in [0.3, 0.4) is 0 Å². The highest BCUT2D eigenvalue weighted by Gasteiger charge is 2.61. The number of esters is 1. The summed E-state index contributed by atoms with van der Waals surface area (Å²) in [6.45, 7) is 0.499. The van der Waals surface area contributed by atoms with Crippen LogP contribution < -0.4 is 4.74 Å². The van der Waals surface area contributed by atoms with Gasteiger partial charge in [0.2, 0.25) is 0 Å². The molecule has 2 fully saturated rings. The third kappa shape index (κ3) is 3.56. The fourth-order valence-corrected chi connectivity index (χ4v) is 4.75. The molecule has 6 nitrogen and oxygen atoms in total. The zero-order valence-corrected chi connectivity index (χ0v) is 17.1. The van der Waals surface area contributed by atoms with Gasteiger partial charge in [0.05, 0.1) is 18.6 Å². The van der Waals surface area contributed by atoms with Gasteiger partial charge in [0.1, 0.15) is 11.8 Å². The van der Waals surface area contributed by atoms with Gasteiger partial charge in [0.25, 0.3) is 5.91 Å². The number of aliphatic hydroxyl groups excluding tert-OH is 1. The van der Waals surface area contributed by atoms with Gasteiger partial charge in [-0.15, -0.1) is 0 Å². The molecule has 2 aliphatic rings. The summed E-state index contributed by atoms with van der Waals surface area (Å²) < 4.78 is 11.1. The largest absolute Gasteiger partial charge is 0.478 e. The molecule has 2 aromatic rings. The molecule has 4 atom stereocenters.